The molecule has 4 heteroatoms. The Bertz CT molecular complexity index is 257. The average molecular weight is 259 g/mol. The highest BCUT2D eigenvalue weighted by Gasteiger charge is 2.35. The first-order valence-electron chi connectivity index (χ1n) is 6.96. The van der Waals surface area contributed by atoms with Gasteiger partial charge >= 0.3 is 0 Å². The summed E-state index contributed by atoms with van der Waals surface area (Å²) in [7, 11) is 6.15. The van der Waals surface area contributed by atoms with Gasteiger partial charge in [-0.15, -0.1) is 0 Å². The number of rotatable bonds is 3. The SMILES string of the molecule is CC.CC.CC1CC(=O)N(CC[N+](C)(C)C)C1=O. The number of likely N-dealkylation sites (N-methyl/N-ethyl adjacent to an activating group) is 1. The molecule has 0 saturated carbocycles. The van der Waals surface area contributed by atoms with Crippen molar-refractivity contribution >= 4 is 11.8 Å². The molecule has 0 aromatic rings. The molecular weight excluding hydrogens is 228 g/mol. The molecule has 0 aromatic heterocycles. The van der Waals surface area contributed by atoms with E-state index in [2.05, 4.69) is 21.1 Å². The topological polar surface area (TPSA) is 37.4 Å². The first kappa shape index (κ1) is 19.4. The van der Waals surface area contributed by atoms with E-state index in [1.165, 1.54) is 4.90 Å². The third-order valence-corrected chi connectivity index (χ3v) is 2.46. The Morgan fingerprint density at radius 2 is 1.56 bits per heavy atom. The van der Waals surface area contributed by atoms with Crippen LogP contribution >= 0.6 is 0 Å². The van der Waals surface area contributed by atoms with Gasteiger partial charge in [-0.25, -0.2) is 0 Å². The highest BCUT2D eigenvalue weighted by molar-refractivity contribution is 6.03. The molecule has 0 aromatic carbocycles. The Kier molecular flexibility index (Phi) is 9.81. The Morgan fingerprint density at radius 3 is 1.83 bits per heavy atom. The number of likely N-dealkylation sites (tertiary alicyclic amines) is 1. The highest BCUT2D eigenvalue weighted by atomic mass is 16.2. The van der Waals surface area contributed by atoms with Gasteiger partial charge in [-0.1, -0.05) is 34.6 Å². The van der Waals surface area contributed by atoms with Crippen molar-refractivity contribution in [3.63, 3.8) is 0 Å². The lowest BCUT2D eigenvalue weighted by Crippen LogP contribution is -2.43. The van der Waals surface area contributed by atoms with E-state index in [1.54, 1.807) is 0 Å². The molecule has 2 amide bonds. The van der Waals surface area contributed by atoms with Crippen LogP contribution in [0, 0.1) is 5.92 Å². The molecule has 1 atom stereocenters. The van der Waals surface area contributed by atoms with Crippen LogP contribution in [0.1, 0.15) is 41.0 Å². The van der Waals surface area contributed by atoms with Gasteiger partial charge in [0.05, 0.1) is 34.2 Å². The number of carbonyl (C=O) groups is 2. The fourth-order valence-corrected chi connectivity index (χ4v) is 1.48. The Morgan fingerprint density at radius 1 is 1.11 bits per heavy atom. The van der Waals surface area contributed by atoms with E-state index in [1.807, 2.05) is 34.6 Å². The van der Waals surface area contributed by atoms with E-state index in [9.17, 15) is 9.59 Å². The monoisotopic (exact) mass is 259 g/mol. The van der Waals surface area contributed by atoms with Crippen LogP contribution in [-0.2, 0) is 9.59 Å². The van der Waals surface area contributed by atoms with E-state index in [-0.39, 0.29) is 17.7 Å². The van der Waals surface area contributed by atoms with Gasteiger partial charge < -0.3 is 4.48 Å². The molecule has 108 valence electrons. The molecule has 0 aliphatic carbocycles. The molecule has 1 heterocycles. The van der Waals surface area contributed by atoms with E-state index in [0.29, 0.717) is 13.0 Å². The molecule has 0 spiro atoms. The summed E-state index contributed by atoms with van der Waals surface area (Å²) >= 11 is 0. The first-order chi connectivity index (χ1) is 8.31. The summed E-state index contributed by atoms with van der Waals surface area (Å²) in [4.78, 5) is 24.3. The van der Waals surface area contributed by atoms with Crippen molar-refractivity contribution in [1.29, 1.82) is 0 Å². The smallest absolute Gasteiger partial charge is 0.232 e. The predicted molar refractivity (Wildman–Crippen MR) is 76.1 cm³/mol. The Hall–Kier alpha value is -0.900. The fourth-order valence-electron chi connectivity index (χ4n) is 1.48. The van der Waals surface area contributed by atoms with Gasteiger partial charge in [0.1, 0.15) is 0 Å². The van der Waals surface area contributed by atoms with Crippen LogP contribution in [-0.4, -0.2) is 55.4 Å². The summed E-state index contributed by atoms with van der Waals surface area (Å²) in [6.45, 7) is 11.2. The van der Waals surface area contributed by atoms with Crippen LogP contribution in [0.4, 0.5) is 0 Å². The van der Waals surface area contributed by atoms with Gasteiger partial charge in [-0.2, -0.15) is 0 Å². The van der Waals surface area contributed by atoms with Gasteiger partial charge in [0.15, 0.2) is 0 Å². The minimum Gasteiger partial charge on any atom is -0.329 e. The van der Waals surface area contributed by atoms with Crippen LogP contribution in [0.2, 0.25) is 0 Å². The largest absolute Gasteiger partial charge is 0.329 e. The van der Waals surface area contributed by atoms with Gasteiger partial charge in [0.2, 0.25) is 11.8 Å². The second-order valence-electron chi connectivity index (χ2n) is 5.00. The molecule has 0 bridgehead atoms. The Labute approximate surface area is 113 Å². The van der Waals surface area contributed by atoms with Gasteiger partial charge in [-0.3, -0.25) is 14.5 Å². The predicted octanol–water partition coefficient (Wildman–Crippen LogP) is 2.14. The maximum Gasteiger partial charge on any atom is 0.232 e. The van der Waals surface area contributed by atoms with Gasteiger partial charge in [0, 0.05) is 12.3 Å². The van der Waals surface area contributed by atoms with E-state index in [4.69, 9.17) is 0 Å². The maximum absolute atomic E-state index is 11.5. The second kappa shape index (κ2) is 9.09. The standard InChI is InChI=1S/C10H19N2O2.2C2H6/c1-8-7-9(13)11(10(8)14)5-6-12(2,3)4;2*1-2/h8H,5-7H2,1-4H3;2*1-2H3/q+1;;. The van der Waals surface area contributed by atoms with Crippen LogP contribution in [0.15, 0.2) is 0 Å². The summed E-state index contributed by atoms with van der Waals surface area (Å²) in [5.41, 5.74) is 0. The molecule has 1 aliphatic heterocycles. The molecule has 0 radical (unpaired) electrons. The minimum absolute atomic E-state index is 0.0107. The summed E-state index contributed by atoms with van der Waals surface area (Å²) in [5, 5.41) is 0. The Balaban J connectivity index is 0. The lowest BCUT2D eigenvalue weighted by Gasteiger charge is -2.26. The van der Waals surface area contributed by atoms with Crippen molar-refractivity contribution in [3.8, 4) is 0 Å². The van der Waals surface area contributed by atoms with E-state index < -0.39 is 0 Å². The van der Waals surface area contributed by atoms with Crippen LogP contribution in [0.5, 0.6) is 0 Å². The average Bonchev–Trinajstić information content (AvgIpc) is 2.55. The number of carbonyl (C=O) groups excluding carboxylic acids is 2. The maximum atomic E-state index is 11.5. The van der Waals surface area contributed by atoms with Crippen LogP contribution < -0.4 is 0 Å². The molecule has 1 rings (SSSR count). The zero-order valence-electron chi connectivity index (χ0n) is 13.4. The lowest BCUT2D eigenvalue weighted by atomic mass is 10.1. The minimum atomic E-state index is -0.116. The number of imide groups is 1. The van der Waals surface area contributed by atoms with Crippen molar-refractivity contribution in [2.75, 3.05) is 34.2 Å². The normalized spacial score (nSPS) is 18.9. The van der Waals surface area contributed by atoms with E-state index >= 15 is 0 Å². The van der Waals surface area contributed by atoms with Crippen molar-refractivity contribution in [2.45, 2.75) is 41.0 Å². The number of amides is 2. The van der Waals surface area contributed by atoms with Crippen LogP contribution in [0.25, 0.3) is 0 Å². The molecule has 1 aliphatic rings. The highest BCUT2D eigenvalue weighted by Crippen LogP contribution is 2.18. The quantitative estimate of drug-likeness (QED) is 0.575. The number of hydrogen-bond acceptors (Lipinski definition) is 2. The third kappa shape index (κ3) is 6.74. The number of quaternary nitrogens is 1. The van der Waals surface area contributed by atoms with Gasteiger partial charge in [-0.05, 0) is 0 Å². The number of nitrogens with zero attached hydrogens (tertiary/aromatic N) is 2. The molecule has 1 saturated heterocycles. The molecule has 1 fully saturated rings. The molecule has 18 heavy (non-hydrogen) atoms. The second-order valence-corrected chi connectivity index (χ2v) is 5.00. The molecule has 0 N–H and O–H groups in total. The van der Waals surface area contributed by atoms with Crippen LogP contribution in [0.3, 0.4) is 0 Å². The summed E-state index contributed by atoms with van der Waals surface area (Å²) in [6, 6.07) is 0. The summed E-state index contributed by atoms with van der Waals surface area (Å²) in [6.07, 6.45) is 0.385. The van der Waals surface area contributed by atoms with Crippen molar-refractivity contribution in [2.24, 2.45) is 5.92 Å². The van der Waals surface area contributed by atoms with Crippen molar-refractivity contribution in [1.82, 2.24) is 4.90 Å². The fraction of sp³-hybridized carbons (Fsp3) is 0.857. The first-order valence-corrected chi connectivity index (χ1v) is 6.96. The summed E-state index contributed by atoms with van der Waals surface area (Å²) < 4.78 is 0.769. The summed E-state index contributed by atoms with van der Waals surface area (Å²) in [5.74, 6) is -0.144. The van der Waals surface area contributed by atoms with Crippen molar-refractivity contribution < 1.29 is 14.1 Å². The number of hydrogen-bond donors (Lipinski definition) is 0. The van der Waals surface area contributed by atoms with Crippen molar-refractivity contribution in [3.05, 3.63) is 0 Å². The molecular formula is C14H31N2O2+. The molecule has 4 nitrogen and oxygen atoms in total. The third-order valence-electron chi connectivity index (χ3n) is 2.46. The zero-order valence-corrected chi connectivity index (χ0v) is 13.4. The van der Waals surface area contributed by atoms with E-state index in [0.717, 1.165) is 11.0 Å². The molecule has 1 unspecified atom stereocenters. The zero-order chi connectivity index (χ0) is 14.9. The van der Waals surface area contributed by atoms with Gasteiger partial charge in [0.25, 0.3) is 0 Å². The lowest BCUT2D eigenvalue weighted by molar-refractivity contribution is -0.869.